The number of hydrogen-bond acceptors (Lipinski definition) is 2. The third-order valence-electron chi connectivity index (χ3n) is 2.93. The van der Waals surface area contributed by atoms with Crippen LogP contribution in [0.2, 0.25) is 0 Å². The molecule has 0 bridgehead atoms. The zero-order valence-electron chi connectivity index (χ0n) is 10.8. The second-order valence-corrected chi connectivity index (χ2v) is 6.30. The number of rotatable bonds is 5. The second-order valence-electron chi connectivity index (χ2n) is 4.29. The standard InChI is InChI=1S/C15H16NO2S/c1-16(13-12-14-8-4-2-5-9-14)19(17,18)15-10-6-3-7-11-15/h2-10H,12-13H2,1H3. The van der Waals surface area contributed by atoms with Crippen LogP contribution in [0.3, 0.4) is 0 Å². The van der Waals surface area contributed by atoms with Crippen LogP contribution in [0.25, 0.3) is 0 Å². The molecule has 19 heavy (non-hydrogen) atoms. The maximum Gasteiger partial charge on any atom is 0.243 e. The summed E-state index contributed by atoms with van der Waals surface area (Å²) in [7, 11) is -1.84. The molecule has 0 spiro atoms. The molecule has 0 fully saturated rings. The number of sulfonamides is 1. The summed E-state index contributed by atoms with van der Waals surface area (Å²) in [5.74, 6) is 0. The summed E-state index contributed by atoms with van der Waals surface area (Å²) in [5, 5.41) is 0. The minimum Gasteiger partial charge on any atom is -0.207 e. The Hall–Kier alpha value is -1.65. The highest BCUT2D eigenvalue weighted by atomic mass is 32.2. The lowest BCUT2D eigenvalue weighted by Crippen LogP contribution is -2.29. The summed E-state index contributed by atoms with van der Waals surface area (Å²) in [6.45, 7) is 0.453. The van der Waals surface area contributed by atoms with Crippen LogP contribution in [0.15, 0.2) is 59.5 Å². The van der Waals surface area contributed by atoms with E-state index in [0.29, 0.717) is 13.0 Å². The molecule has 0 heterocycles. The fourth-order valence-electron chi connectivity index (χ4n) is 1.76. The van der Waals surface area contributed by atoms with Crippen LogP contribution in [0.5, 0.6) is 0 Å². The van der Waals surface area contributed by atoms with Gasteiger partial charge in [-0.1, -0.05) is 48.5 Å². The molecule has 99 valence electrons. The van der Waals surface area contributed by atoms with Crippen molar-refractivity contribution in [2.75, 3.05) is 13.6 Å². The van der Waals surface area contributed by atoms with Gasteiger partial charge in [-0.05, 0) is 18.1 Å². The molecule has 0 aromatic heterocycles. The number of hydrogen-bond donors (Lipinski definition) is 0. The van der Waals surface area contributed by atoms with Crippen molar-refractivity contribution in [1.29, 1.82) is 0 Å². The number of likely N-dealkylation sites (N-methyl/N-ethyl adjacent to an activating group) is 1. The average molecular weight is 274 g/mol. The fraction of sp³-hybridized carbons (Fsp3) is 0.200. The molecule has 2 aromatic rings. The van der Waals surface area contributed by atoms with Crippen molar-refractivity contribution in [3.63, 3.8) is 0 Å². The molecule has 0 aliphatic heterocycles. The third kappa shape index (κ3) is 3.43. The SMILES string of the molecule is CN(CCc1ccccc1)S(=O)(=O)c1[c]cccc1. The summed E-state index contributed by atoms with van der Waals surface area (Å²) < 4.78 is 25.9. The highest BCUT2D eigenvalue weighted by Crippen LogP contribution is 2.13. The Morgan fingerprint density at radius 3 is 2.37 bits per heavy atom. The van der Waals surface area contributed by atoms with Crippen molar-refractivity contribution >= 4 is 10.0 Å². The van der Waals surface area contributed by atoms with Crippen molar-refractivity contribution in [1.82, 2.24) is 4.31 Å². The molecule has 0 saturated heterocycles. The van der Waals surface area contributed by atoms with E-state index in [0.717, 1.165) is 5.56 Å². The Morgan fingerprint density at radius 2 is 1.74 bits per heavy atom. The van der Waals surface area contributed by atoms with Gasteiger partial charge in [0.05, 0.1) is 4.90 Å². The van der Waals surface area contributed by atoms with E-state index in [9.17, 15) is 8.42 Å². The first kappa shape index (κ1) is 13.8. The first-order chi connectivity index (χ1) is 9.10. The highest BCUT2D eigenvalue weighted by Gasteiger charge is 2.19. The van der Waals surface area contributed by atoms with E-state index < -0.39 is 10.0 Å². The molecule has 0 saturated carbocycles. The highest BCUT2D eigenvalue weighted by molar-refractivity contribution is 7.89. The van der Waals surface area contributed by atoms with Gasteiger partial charge >= 0.3 is 0 Å². The van der Waals surface area contributed by atoms with Crippen molar-refractivity contribution in [2.24, 2.45) is 0 Å². The van der Waals surface area contributed by atoms with E-state index in [1.165, 1.54) is 4.31 Å². The smallest absolute Gasteiger partial charge is 0.207 e. The molecule has 0 amide bonds. The molecule has 2 rings (SSSR count). The van der Waals surface area contributed by atoms with Gasteiger partial charge in [-0.2, -0.15) is 0 Å². The van der Waals surface area contributed by atoms with Crippen LogP contribution in [0.1, 0.15) is 5.56 Å². The predicted octanol–water partition coefficient (Wildman–Crippen LogP) is 2.35. The number of benzene rings is 2. The predicted molar refractivity (Wildman–Crippen MR) is 75.2 cm³/mol. The molecule has 0 aliphatic rings. The quantitative estimate of drug-likeness (QED) is 0.839. The summed E-state index contributed by atoms with van der Waals surface area (Å²) in [6.07, 6.45) is 0.698. The van der Waals surface area contributed by atoms with Gasteiger partial charge in [0, 0.05) is 19.7 Å². The van der Waals surface area contributed by atoms with Gasteiger partial charge in [-0.3, -0.25) is 0 Å². The van der Waals surface area contributed by atoms with Crippen LogP contribution in [0, 0.1) is 6.07 Å². The topological polar surface area (TPSA) is 37.4 Å². The van der Waals surface area contributed by atoms with Crippen molar-refractivity contribution in [3.8, 4) is 0 Å². The Kier molecular flexibility index (Phi) is 4.35. The molecule has 1 radical (unpaired) electrons. The molecule has 4 heteroatoms. The summed E-state index contributed by atoms with van der Waals surface area (Å²) in [5.41, 5.74) is 1.13. The zero-order chi connectivity index (χ0) is 13.7. The summed E-state index contributed by atoms with van der Waals surface area (Å²) in [6, 6.07) is 19.2. The molecular formula is C15H16NO2S. The van der Waals surface area contributed by atoms with Gasteiger partial charge in [-0.15, -0.1) is 0 Å². The maximum absolute atomic E-state index is 12.2. The van der Waals surface area contributed by atoms with Crippen LogP contribution in [-0.2, 0) is 16.4 Å². The van der Waals surface area contributed by atoms with Gasteiger partial charge in [-0.25, -0.2) is 12.7 Å². The second kappa shape index (κ2) is 5.99. The fourth-order valence-corrected chi connectivity index (χ4v) is 2.89. The first-order valence-corrected chi connectivity index (χ1v) is 7.52. The van der Waals surface area contributed by atoms with Gasteiger partial charge < -0.3 is 0 Å². The Labute approximate surface area is 114 Å². The molecule has 0 N–H and O–H groups in total. The van der Waals surface area contributed by atoms with Gasteiger partial charge in [0.1, 0.15) is 0 Å². The summed E-state index contributed by atoms with van der Waals surface area (Å²) >= 11 is 0. The van der Waals surface area contributed by atoms with Gasteiger partial charge in [0.15, 0.2) is 0 Å². The lowest BCUT2D eigenvalue weighted by molar-refractivity contribution is 0.472. The number of nitrogens with zero attached hydrogens (tertiary/aromatic N) is 1. The van der Waals surface area contributed by atoms with E-state index in [1.807, 2.05) is 30.3 Å². The monoisotopic (exact) mass is 274 g/mol. The molecule has 0 aliphatic carbocycles. The molecule has 0 unspecified atom stereocenters. The van der Waals surface area contributed by atoms with E-state index in [1.54, 1.807) is 31.3 Å². The van der Waals surface area contributed by atoms with E-state index in [4.69, 9.17) is 0 Å². The van der Waals surface area contributed by atoms with Crippen LogP contribution < -0.4 is 0 Å². The van der Waals surface area contributed by atoms with Crippen molar-refractivity contribution in [2.45, 2.75) is 11.3 Å². The molecule has 2 aromatic carbocycles. The average Bonchev–Trinajstić information content (AvgIpc) is 2.46. The van der Waals surface area contributed by atoms with E-state index in [2.05, 4.69) is 6.07 Å². The van der Waals surface area contributed by atoms with Crippen molar-refractivity contribution < 1.29 is 8.42 Å². The Morgan fingerprint density at radius 1 is 1.05 bits per heavy atom. The van der Waals surface area contributed by atoms with Crippen LogP contribution in [-0.4, -0.2) is 26.3 Å². The van der Waals surface area contributed by atoms with E-state index >= 15 is 0 Å². The minimum atomic E-state index is -3.43. The van der Waals surface area contributed by atoms with Crippen molar-refractivity contribution in [3.05, 3.63) is 66.2 Å². The van der Waals surface area contributed by atoms with E-state index in [-0.39, 0.29) is 4.90 Å². The lowest BCUT2D eigenvalue weighted by Gasteiger charge is -2.16. The third-order valence-corrected chi connectivity index (χ3v) is 4.74. The molecule has 3 nitrogen and oxygen atoms in total. The first-order valence-electron chi connectivity index (χ1n) is 6.08. The largest absolute Gasteiger partial charge is 0.243 e. The lowest BCUT2D eigenvalue weighted by atomic mass is 10.2. The Bertz CT molecular complexity index is 609. The summed E-state index contributed by atoms with van der Waals surface area (Å²) in [4.78, 5) is 0.213. The van der Waals surface area contributed by atoms with Crippen LogP contribution in [0.4, 0.5) is 0 Å². The van der Waals surface area contributed by atoms with Gasteiger partial charge in [0.25, 0.3) is 0 Å². The van der Waals surface area contributed by atoms with Crippen LogP contribution >= 0.6 is 0 Å². The normalized spacial score (nSPS) is 11.7. The zero-order valence-corrected chi connectivity index (χ0v) is 11.6. The molecular weight excluding hydrogens is 258 g/mol. The minimum absolute atomic E-state index is 0.213. The maximum atomic E-state index is 12.2. The Balaban J connectivity index is 2.06. The van der Waals surface area contributed by atoms with Gasteiger partial charge in [0.2, 0.25) is 10.0 Å². The molecule has 0 atom stereocenters.